The molecule has 0 radical (unpaired) electrons. The van der Waals surface area contributed by atoms with Crippen molar-refractivity contribution >= 4 is 17.3 Å². The van der Waals surface area contributed by atoms with Crippen LogP contribution in [0, 0.1) is 13.8 Å². The molecule has 22 heavy (non-hydrogen) atoms. The first-order valence-electron chi connectivity index (χ1n) is 6.94. The first-order valence-corrected chi connectivity index (χ1v) is 6.94. The topological polar surface area (TPSA) is 65.0 Å². The van der Waals surface area contributed by atoms with E-state index in [0.717, 1.165) is 34.1 Å². The minimum atomic E-state index is 0.308. The normalized spacial score (nSPS) is 10.6. The van der Waals surface area contributed by atoms with Gasteiger partial charge in [0.2, 0.25) is 0 Å². The van der Waals surface area contributed by atoms with Crippen LogP contribution in [0.3, 0.4) is 0 Å². The first kappa shape index (κ1) is 14.1. The predicted molar refractivity (Wildman–Crippen MR) is 83.0 cm³/mol. The van der Waals surface area contributed by atoms with Crippen LogP contribution in [0.25, 0.3) is 11.0 Å². The van der Waals surface area contributed by atoms with Crippen LogP contribution in [0.4, 0.5) is 0 Å². The monoisotopic (exact) mass is 293 g/mol. The van der Waals surface area contributed by atoms with E-state index in [2.05, 4.69) is 15.0 Å². The average Bonchev–Trinajstić information content (AvgIpc) is 2.53. The van der Waals surface area contributed by atoms with Crippen LogP contribution in [-0.4, -0.2) is 21.2 Å². The van der Waals surface area contributed by atoms with Gasteiger partial charge in [-0.1, -0.05) is 0 Å². The number of carbonyl (C=O) groups is 1. The number of aldehydes is 1. The van der Waals surface area contributed by atoms with Gasteiger partial charge in [0.15, 0.2) is 12.0 Å². The van der Waals surface area contributed by atoms with Crippen LogP contribution in [0.1, 0.15) is 27.3 Å². The van der Waals surface area contributed by atoms with Crippen LogP contribution in [-0.2, 0) is 6.61 Å². The van der Waals surface area contributed by atoms with Crippen molar-refractivity contribution in [2.45, 2.75) is 20.5 Å². The zero-order valence-electron chi connectivity index (χ0n) is 12.4. The molecular formula is C17H15N3O2. The zero-order valence-corrected chi connectivity index (χ0v) is 12.4. The molecule has 0 unspecified atom stereocenters. The smallest absolute Gasteiger partial charge is 0.172 e. The molecule has 0 spiro atoms. The molecule has 0 bridgehead atoms. The van der Waals surface area contributed by atoms with Crippen LogP contribution >= 0.6 is 0 Å². The second kappa shape index (κ2) is 5.89. The van der Waals surface area contributed by atoms with E-state index >= 15 is 0 Å². The summed E-state index contributed by atoms with van der Waals surface area (Å²) in [6.07, 6.45) is 4.17. The van der Waals surface area contributed by atoms with Gasteiger partial charge in [0.25, 0.3) is 0 Å². The molecule has 0 aromatic carbocycles. The number of carbonyl (C=O) groups excluding carboxylic acids is 1. The zero-order chi connectivity index (χ0) is 15.5. The Hall–Kier alpha value is -2.82. The minimum absolute atomic E-state index is 0.308. The fourth-order valence-electron chi connectivity index (χ4n) is 2.42. The van der Waals surface area contributed by atoms with Crippen LogP contribution in [0.5, 0.6) is 5.75 Å². The third-order valence-electron chi connectivity index (χ3n) is 3.38. The van der Waals surface area contributed by atoms with E-state index in [-0.39, 0.29) is 0 Å². The molecule has 3 rings (SSSR count). The van der Waals surface area contributed by atoms with Gasteiger partial charge < -0.3 is 4.74 Å². The highest BCUT2D eigenvalue weighted by molar-refractivity contribution is 5.78. The second-order valence-corrected chi connectivity index (χ2v) is 5.04. The Kier molecular flexibility index (Phi) is 3.78. The Morgan fingerprint density at radius 1 is 1.18 bits per heavy atom. The van der Waals surface area contributed by atoms with Crippen LogP contribution in [0.2, 0.25) is 0 Å². The number of hydrogen-bond donors (Lipinski definition) is 0. The standard InChI is InChI=1S/C17H15N3O2/c1-11-8-12(2)20-15(9-21)17(11)22-10-13-5-7-18-14-4-3-6-19-16(13)14/h3-9H,10H2,1-2H3. The van der Waals surface area contributed by atoms with E-state index in [1.165, 1.54) is 0 Å². The number of aromatic nitrogens is 3. The lowest BCUT2D eigenvalue weighted by Gasteiger charge is -2.12. The molecule has 5 nitrogen and oxygen atoms in total. The van der Waals surface area contributed by atoms with Crippen molar-refractivity contribution < 1.29 is 9.53 Å². The maximum Gasteiger partial charge on any atom is 0.172 e. The summed E-state index contributed by atoms with van der Waals surface area (Å²) in [5.74, 6) is 0.515. The predicted octanol–water partition coefficient (Wildman–Crippen LogP) is 3.03. The molecule has 0 saturated carbocycles. The number of ether oxygens (including phenoxy) is 1. The van der Waals surface area contributed by atoms with Crippen molar-refractivity contribution in [3.05, 3.63) is 59.2 Å². The van der Waals surface area contributed by atoms with Crippen molar-refractivity contribution in [3.63, 3.8) is 0 Å². The molecule has 0 aliphatic rings. The van der Waals surface area contributed by atoms with Gasteiger partial charge in [-0.15, -0.1) is 0 Å². The maximum absolute atomic E-state index is 11.2. The molecule has 3 aromatic rings. The molecular weight excluding hydrogens is 278 g/mol. The van der Waals surface area contributed by atoms with Gasteiger partial charge in [0.05, 0.1) is 11.0 Å². The van der Waals surface area contributed by atoms with Crippen molar-refractivity contribution in [1.29, 1.82) is 0 Å². The third-order valence-corrected chi connectivity index (χ3v) is 3.38. The van der Waals surface area contributed by atoms with Gasteiger partial charge >= 0.3 is 0 Å². The molecule has 0 aliphatic heterocycles. The molecule has 0 saturated heterocycles. The van der Waals surface area contributed by atoms with Crippen molar-refractivity contribution in [1.82, 2.24) is 15.0 Å². The largest absolute Gasteiger partial charge is 0.486 e. The van der Waals surface area contributed by atoms with Gasteiger partial charge in [0.1, 0.15) is 12.3 Å². The summed E-state index contributed by atoms with van der Waals surface area (Å²) >= 11 is 0. The molecule has 3 aromatic heterocycles. The highest BCUT2D eigenvalue weighted by Gasteiger charge is 2.11. The number of rotatable bonds is 4. The Bertz CT molecular complexity index is 841. The number of aryl methyl sites for hydroxylation is 2. The van der Waals surface area contributed by atoms with E-state index in [1.54, 1.807) is 12.4 Å². The Balaban J connectivity index is 1.93. The molecule has 0 aliphatic carbocycles. The number of pyridine rings is 3. The highest BCUT2D eigenvalue weighted by atomic mass is 16.5. The van der Waals surface area contributed by atoms with E-state index in [1.807, 2.05) is 38.1 Å². The van der Waals surface area contributed by atoms with E-state index < -0.39 is 0 Å². The van der Waals surface area contributed by atoms with E-state index in [4.69, 9.17) is 4.74 Å². The SMILES string of the molecule is Cc1cc(C)c(OCc2ccnc3cccnc23)c(C=O)n1. The fourth-order valence-corrected chi connectivity index (χ4v) is 2.42. The second-order valence-electron chi connectivity index (χ2n) is 5.04. The molecule has 0 N–H and O–H groups in total. The lowest BCUT2D eigenvalue weighted by Crippen LogP contribution is -2.04. The average molecular weight is 293 g/mol. The summed E-state index contributed by atoms with van der Waals surface area (Å²) in [7, 11) is 0. The minimum Gasteiger partial charge on any atom is -0.486 e. The molecule has 0 amide bonds. The van der Waals surface area contributed by atoms with Gasteiger partial charge in [-0.2, -0.15) is 0 Å². The van der Waals surface area contributed by atoms with E-state index in [0.29, 0.717) is 18.1 Å². The molecule has 0 atom stereocenters. The first-order chi connectivity index (χ1) is 10.7. The third kappa shape index (κ3) is 2.65. The summed E-state index contributed by atoms with van der Waals surface area (Å²) in [6.45, 7) is 4.06. The molecule has 110 valence electrons. The lowest BCUT2D eigenvalue weighted by atomic mass is 10.2. The quantitative estimate of drug-likeness (QED) is 0.692. The van der Waals surface area contributed by atoms with Crippen LogP contribution in [0.15, 0.2) is 36.7 Å². The Labute approximate surface area is 128 Å². The van der Waals surface area contributed by atoms with Gasteiger partial charge in [-0.25, -0.2) is 4.98 Å². The Morgan fingerprint density at radius 2 is 2.05 bits per heavy atom. The summed E-state index contributed by atoms with van der Waals surface area (Å²) in [6, 6.07) is 7.51. The van der Waals surface area contributed by atoms with Gasteiger partial charge in [-0.3, -0.25) is 14.8 Å². The van der Waals surface area contributed by atoms with Crippen molar-refractivity contribution in [2.24, 2.45) is 0 Å². The molecule has 5 heteroatoms. The number of hydrogen-bond acceptors (Lipinski definition) is 5. The van der Waals surface area contributed by atoms with E-state index in [9.17, 15) is 4.79 Å². The molecule has 3 heterocycles. The summed E-state index contributed by atoms with van der Waals surface area (Å²) in [5.41, 5.74) is 4.54. The van der Waals surface area contributed by atoms with Gasteiger partial charge in [0, 0.05) is 23.7 Å². The summed E-state index contributed by atoms with van der Waals surface area (Å²) in [4.78, 5) is 24.0. The summed E-state index contributed by atoms with van der Waals surface area (Å²) in [5, 5.41) is 0. The number of fused-ring (bicyclic) bond motifs is 1. The Morgan fingerprint density at radius 3 is 2.86 bits per heavy atom. The molecule has 0 fully saturated rings. The summed E-state index contributed by atoms with van der Waals surface area (Å²) < 4.78 is 5.85. The van der Waals surface area contributed by atoms with Crippen LogP contribution < -0.4 is 4.74 Å². The maximum atomic E-state index is 11.2. The lowest BCUT2D eigenvalue weighted by molar-refractivity contribution is 0.111. The highest BCUT2D eigenvalue weighted by Crippen LogP contribution is 2.24. The van der Waals surface area contributed by atoms with Crippen molar-refractivity contribution in [2.75, 3.05) is 0 Å². The van der Waals surface area contributed by atoms with Gasteiger partial charge in [-0.05, 0) is 43.7 Å². The van der Waals surface area contributed by atoms with Crippen molar-refractivity contribution in [3.8, 4) is 5.75 Å². The fraction of sp³-hybridized carbons (Fsp3) is 0.176. The number of nitrogens with zero attached hydrogens (tertiary/aromatic N) is 3.